The van der Waals surface area contributed by atoms with Gasteiger partial charge in [-0.05, 0) is 48.5 Å². The Kier molecular flexibility index (Phi) is 6.37. The highest BCUT2D eigenvalue weighted by Gasteiger charge is 2.22. The van der Waals surface area contributed by atoms with E-state index in [1.165, 1.54) is 0 Å². The summed E-state index contributed by atoms with van der Waals surface area (Å²) in [5.74, 6) is 0.766. The van der Waals surface area contributed by atoms with Crippen molar-refractivity contribution in [3.8, 4) is 11.5 Å². The monoisotopic (exact) mass is 384 g/mol. The molecular weight excluding hydrogens is 360 g/mol. The van der Waals surface area contributed by atoms with Gasteiger partial charge in [0.15, 0.2) is 6.61 Å². The van der Waals surface area contributed by atoms with Gasteiger partial charge in [-0.25, -0.2) is 4.79 Å². The molecule has 0 unspecified atom stereocenters. The van der Waals surface area contributed by atoms with E-state index in [4.69, 9.17) is 14.2 Å². The maximum Gasteiger partial charge on any atom is 0.338 e. The Morgan fingerprint density at radius 3 is 1.89 bits per heavy atom. The summed E-state index contributed by atoms with van der Waals surface area (Å²) in [6.07, 6.45) is 0. The number of methoxy groups -OCH3 is 2. The highest BCUT2D eigenvalue weighted by Crippen LogP contribution is 2.20. The largest absolute Gasteiger partial charge is 0.497 e. The molecule has 7 nitrogen and oxygen atoms in total. The van der Waals surface area contributed by atoms with Gasteiger partial charge in [0.1, 0.15) is 11.5 Å². The smallest absolute Gasteiger partial charge is 0.338 e. The Hall–Kier alpha value is -3.22. The van der Waals surface area contributed by atoms with Crippen LogP contribution in [0.1, 0.15) is 10.4 Å². The molecule has 1 fully saturated rings. The predicted molar refractivity (Wildman–Crippen MR) is 105 cm³/mol. The van der Waals surface area contributed by atoms with Gasteiger partial charge in [-0.15, -0.1) is 0 Å². The van der Waals surface area contributed by atoms with Crippen molar-refractivity contribution in [1.82, 2.24) is 4.90 Å². The fraction of sp³-hybridized carbons (Fsp3) is 0.333. The van der Waals surface area contributed by atoms with Crippen molar-refractivity contribution in [2.24, 2.45) is 0 Å². The lowest BCUT2D eigenvalue weighted by molar-refractivity contribution is -0.134. The zero-order chi connectivity index (χ0) is 19.9. The van der Waals surface area contributed by atoms with Gasteiger partial charge in [0.25, 0.3) is 5.91 Å². The lowest BCUT2D eigenvalue weighted by Crippen LogP contribution is -2.49. The number of ether oxygens (including phenoxy) is 3. The summed E-state index contributed by atoms with van der Waals surface area (Å²) in [7, 11) is 3.20. The van der Waals surface area contributed by atoms with Crippen LogP contribution in [0, 0.1) is 0 Å². The number of hydrogen-bond donors (Lipinski definition) is 0. The predicted octanol–water partition coefficient (Wildman–Crippen LogP) is 2.21. The van der Waals surface area contributed by atoms with Gasteiger partial charge in [-0.3, -0.25) is 4.79 Å². The normalized spacial score (nSPS) is 13.8. The zero-order valence-electron chi connectivity index (χ0n) is 16.1. The quantitative estimate of drug-likeness (QED) is 0.712. The summed E-state index contributed by atoms with van der Waals surface area (Å²) in [4.78, 5) is 28.4. The summed E-state index contributed by atoms with van der Waals surface area (Å²) >= 11 is 0. The Balaban J connectivity index is 1.46. The van der Waals surface area contributed by atoms with Crippen molar-refractivity contribution >= 4 is 17.6 Å². The van der Waals surface area contributed by atoms with Crippen molar-refractivity contribution < 1.29 is 23.8 Å². The Morgan fingerprint density at radius 2 is 1.36 bits per heavy atom. The minimum Gasteiger partial charge on any atom is -0.497 e. The topological polar surface area (TPSA) is 68.3 Å². The number of hydrogen-bond acceptors (Lipinski definition) is 6. The van der Waals surface area contributed by atoms with E-state index in [0.717, 1.165) is 24.5 Å². The third-order valence-electron chi connectivity index (χ3n) is 4.72. The number of amides is 1. The molecule has 0 spiro atoms. The summed E-state index contributed by atoms with van der Waals surface area (Å²) in [6, 6.07) is 14.4. The van der Waals surface area contributed by atoms with Crippen LogP contribution in [0.3, 0.4) is 0 Å². The summed E-state index contributed by atoms with van der Waals surface area (Å²) in [6.45, 7) is 2.37. The molecule has 28 heavy (non-hydrogen) atoms. The van der Waals surface area contributed by atoms with E-state index in [1.807, 2.05) is 24.3 Å². The van der Waals surface area contributed by atoms with Gasteiger partial charge in [-0.1, -0.05) is 0 Å². The van der Waals surface area contributed by atoms with Crippen LogP contribution >= 0.6 is 0 Å². The summed E-state index contributed by atoms with van der Waals surface area (Å²) < 4.78 is 15.4. The average molecular weight is 384 g/mol. The number of anilines is 1. The van der Waals surface area contributed by atoms with Crippen LogP contribution < -0.4 is 14.4 Å². The molecule has 1 aliphatic heterocycles. The molecule has 2 aromatic rings. The first kappa shape index (κ1) is 19.5. The number of rotatable bonds is 6. The minimum absolute atomic E-state index is 0.184. The molecule has 1 heterocycles. The number of esters is 1. The van der Waals surface area contributed by atoms with Gasteiger partial charge in [0.2, 0.25) is 0 Å². The molecule has 1 saturated heterocycles. The summed E-state index contributed by atoms with van der Waals surface area (Å²) in [5.41, 5.74) is 1.48. The molecule has 1 amide bonds. The maximum absolute atomic E-state index is 12.4. The van der Waals surface area contributed by atoms with E-state index in [2.05, 4.69) is 4.90 Å². The van der Waals surface area contributed by atoms with Gasteiger partial charge in [-0.2, -0.15) is 0 Å². The van der Waals surface area contributed by atoms with E-state index in [-0.39, 0.29) is 12.5 Å². The number of nitrogens with zero attached hydrogens (tertiary/aromatic N) is 2. The van der Waals surface area contributed by atoms with E-state index in [1.54, 1.807) is 43.4 Å². The molecule has 0 saturated carbocycles. The third-order valence-corrected chi connectivity index (χ3v) is 4.72. The second-order valence-corrected chi connectivity index (χ2v) is 6.37. The highest BCUT2D eigenvalue weighted by molar-refractivity contribution is 5.91. The first-order valence-electron chi connectivity index (χ1n) is 9.08. The van der Waals surface area contributed by atoms with Crippen LogP contribution in [0.25, 0.3) is 0 Å². The fourth-order valence-corrected chi connectivity index (χ4v) is 3.04. The van der Waals surface area contributed by atoms with E-state index in [9.17, 15) is 9.59 Å². The van der Waals surface area contributed by atoms with Crippen LogP contribution in [-0.4, -0.2) is 63.8 Å². The molecule has 0 N–H and O–H groups in total. The molecule has 0 aromatic heterocycles. The maximum atomic E-state index is 12.4. The van der Waals surface area contributed by atoms with E-state index in [0.29, 0.717) is 24.4 Å². The molecule has 0 atom stereocenters. The van der Waals surface area contributed by atoms with Crippen molar-refractivity contribution in [1.29, 1.82) is 0 Å². The van der Waals surface area contributed by atoms with Crippen LogP contribution in [0.5, 0.6) is 11.5 Å². The summed E-state index contributed by atoms with van der Waals surface area (Å²) in [5, 5.41) is 0. The lowest BCUT2D eigenvalue weighted by atomic mass is 10.2. The molecular formula is C21H24N2O5. The molecule has 0 radical (unpaired) electrons. The van der Waals surface area contributed by atoms with Crippen LogP contribution in [-0.2, 0) is 9.53 Å². The molecule has 1 aliphatic rings. The second-order valence-electron chi connectivity index (χ2n) is 6.37. The number of benzene rings is 2. The Bertz CT molecular complexity index is 797. The van der Waals surface area contributed by atoms with Gasteiger partial charge < -0.3 is 24.0 Å². The van der Waals surface area contributed by atoms with Crippen LogP contribution in [0.15, 0.2) is 48.5 Å². The fourth-order valence-electron chi connectivity index (χ4n) is 3.04. The lowest BCUT2D eigenvalue weighted by Gasteiger charge is -2.36. The highest BCUT2D eigenvalue weighted by atomic mass is 16.5. The molecule has 148 valence electrons. The van der Waals surface area contributed by atoms with Crippen molar-refractivity contribution in [2.75, 3.05) is 51.9 Å². The van der Waals surface area contributed by atoms with Crippen LogP contribution in [0.2, 0.25) is 0 Å². The molecule has 3 rings (SSSR count). The van der Waals surface area contributed by atoms with Gasteiger partial charge in [0, 0.05) is 31.9 Å². The SMILES string of the molecule is COc1ccc(C(=O)OCC(=O)N2CCN(c3ccc(OC)cc3)CC2)cc1. The van der Waals surface area contributed by atoms with Crippen molar-refractivity contribution in [2.45, 2.75) is 0 Å². The molecule has 0 aliphatic carbocycles. The number of piperazine rings is 1. The van der Waals surface area contributed by atoms with Gasteiger partial charge >= 0.3 is 5.97 Å². The second kappa shape index (κ2) is 9.12. The molecule has 0 bridgehead atoms. The molecule has 2 aromatic carbocycles. The van der Waals surface area contributed by atoms with Crippen LogP contribution in [0.4, 0.5) is 5.69 Å². The van der Waals surface area contributed by atoms with E-state index < -0.39 is 5.97 Å². The Labute approximate surface area is 164 Å². The standard InChI is InChI=1S/C21H24N2O5/c1-26-18-7-3-16(4-8-18)21(25)28-15-20(24)23-13-11-22(12-14-23)17-5-9-19(27-2)10-6-17/h3-10H,11-15H2,1-2H3. The molecule has 7 heteroatoms. The van der Waals surface area contributed by atoms with Crippen molar-refractivity contribution in [3.63, 3.8) is 0 Å². The third kappa shape index (κ3) is 4.73. The van der Waals surface area contributed by atoms with E-state index >= 15 is 0 Å². The minimum atomic E-state index is -0.520. The number of carbonyl (C=O) groups is 2. The Morgan fingerprint density at radius 1 is 0.821 bits per heavy atom. The number of carbonyl (C=O) groups excluding carboxylic acids is 2. The van der Waals surface area contributed by atoms with Gasteiger partial charge in [0.05, 0.1) is 19.8 Å². The first-order valence-corrected chi connectivity index (χ1v) is 9.08. The average Bonchev–Trinajstić information content (AvgIpc) is 2.77. The van der Waals surface area contributed by atoms with Crippen molar-refractivity contribution in [3.05, 3.63) is 54.1 Å². The zero-order valence-corrected chi connectivity index (χ0v) is 16.1. The first-order chi connectivity index (χ1) is 13.6.